The molecule has 0 bridgehead atoms. The van der Waals surface area contributed by atoms with Crippen molar-refractivity contribution >= 4 is 27.6 Å². The fraction of sp³-hybridized carbons (Fsp3) is 0.400. The number of carbonyl (C=O) groups excluding carboxylic acids is 1. The normalized spacial score (nSPS) is 18.1. The lowest BCUT2D eigenvalue weighted by Crippen LogP contribution is -2.23. The number of nitrogens with one attached hydrogen (secondary N) is 1. The average Bonchev–Trinajstić information content (AvgIpc) is 3.67. The standard InChI is InChI=1S/C25H25N3O3S/c26-13-12-25(10-11-25)16-32(30,31)28-19-8-6-17(7-9-19)22-14-20(15-24(29)18-4-5-18)27-23-3-1-2-21(22)23/h1-2,6-9,14,18,28H,3-5,10-12,15-16H2. The first-order valence-corrected chi connectivity index (χ1v) is 12.7. The number of hydrogen-bond donors (Lipinski definition) is 1. The van der Waals surface area contributed by atoms with E-state index in [0.29, 0.717) is 12.1 Å². The molecule has 2 aromatic rings. The van der Waals surface area contributed by atoms with Crippen LogP contribution in [0.2, 0.25) is 0 Å². The highest BCUT2D eigenvalue weighted by atomic mass is 32.2. The van der Waals surface area contributed by atoms with Gasteiger partial charge in [-0.2, -0.15) is 5.26 Å². The third-order valence-corrected chi connectivity index (χ3v) is 8.09. The van der Waals surface area contributed by atoms with Crippen LogP contribution in [0.4, 0.5) is 5.69 Å². The van der Waals surface area contributed by atoms with E-state index in [2.05, 4.69) is 22.9 Å². The van der Waals surface area contributed by atoms with Crippen LogP contribution in [0, 0.1) is 22.7 Å². The second kappa shape index (κ2) is 7.86. The van der Waals surface area contributed by atoms with Crippen LogP contribution >= 0.6 is 0 Å². The molecule has 0 amide bonds. The molecule has 7 heteroatoms. The number of carbonyl (C=O) groups is 1. The van der Waals surface area contributed by atoms with Crippen molar-refractivity contribution in [1.82, 2.24) is 4.98 Å². The molecule has 6 nitrogen and oxygen atoms in total. The zero-order valence-electron chi connectivity index (χ0n) is 17.8. The third-order valence-electron chi connectivity index (χ3n) is 6.55. The molecule has 1 aromatic heterocycles. The number of fused-ring (bicyclic) bond motifs is 1. The van der Waals surface area contributed by atoms with Crippen molar-refractivity contribution in [2.24, 2.45) is 11.3 Å². The van der Waals surface area contributed by atoms with Crippen molar-refractivity contribution in [2.75, 3.05) is 10.5 Å². The highest BCUT2D eigenvalue weighted by molar-refractivity contribution is 7.92. The van der Waals surface area contributed by atoms with Gasteiger partial charge in [-0.15, -0.1) is 0 Å². The molecule has 0 unspecified atom stereocenters. The summed E-state index contributed by atoms with van der Waals surface area (Å²) in [6.07, 6.45) is 9.10. The Bertz CT molecular complexity index is 1250. The fourth-order valence-electron chi connectivity index (χ4n) is 4.41. The van der Waals surface area contributed by atoms with Gasteiger partial charge in [-0.05, 0) is 60.4 Å². The quantitative estimate of drug-likeness (QED) is 0.619. The van der Waals surface area contributed by atoms with Crippen LogP contribution < -0.4 is 4.72 Å². The van der Waals surface area contributed by atoms with E-state index in [4.69, 9.17) is 10.2 Å². The summed E-state index contributed by atoms with van der Waals surface area (Å²) in [5, 5.41) is 8.94. The van der Waals surface area contributed by atoms with E-state index in [9.17, 15) is 13.2 Å². The SMILES string of the molecule is N#CCC1(CS(=O)(=O)Nc2ccc(-c3cc(CC(=O)C4CC4)nc4c3C=CC4)cc2)CC1. The molecular formula is C25H25N3O3S. The Kier molecular flexibility index (Phi) is 5.13. The Morgan fingerprint density at radius 1 is 1.22 bits per heavy atom. The number of aromatic nitrogens is 1. The van der Waals surface area contributed by atoms with E-state index in [-0.39, 0.29) is 29.3 Å². The minimum Gasteiger partial charge on any atom is -0.299 e. The number of hydrogen-bond acceptors (Lipinski definition) is 5. The number of benzene rings is 1. The van der Waals surface area contributed by atoms with Gasteiger partial charge in [0.1, 0.15) is 5.78 Å². The minimum absolute atomic E-state index is 0.0175. The highest BCUT2D eigenvalue weighted by Crippen LogP contribution is 2.49. The van der Waals surface area contributed by atoms with E-state index in [0.717, 1.165) is 60.2 Å². The Balaban J connectivity index is 1.36. The van der Waals surface area contributed by atoms with Gasteiger partial charge < -0.3 is 0 Å². The Labute approximate surface area is 188 Å². The first-order valence-electron chi connectivity index (χ1n) is 11.1. The minimum atomic E-state index is -3.52. The van der Waals surface area contributed by atoms with Crippen molar-refractivity contribution in [2.45, 2.75) is 44.9 Å². The third kappa shape index (κ3) is 4.46. The molecule has 0 radical (unpaired) electrons. The van der Waals surface area contributed by atoms with Crippen LogP contribution in [0.5, 0.6) is 0 Å². The summed E-state index contributed by atoms with van der Waals surface area (Å²) >= 11 is 0. The predicted octanol–water partition coefficient (Wildman–Crippen LogP) is 4.28. The van der Waals surface area contributed by atoms with Crippen LogP contribution in [0.15, 0.2) is 36.4 Å². The Morgan fingerprint density at radius 3 is 2.62 bits per heavy atom. The molecule has 1 aromatic carbocycles. The topological polar surface area (TPSA) is 99.9 Å². The number of nitrogens with zero attached hydrogens (tertiary/aromatic N) is 2. The van der Waals surface area contributed by atoms with Gasteiger partial charge in [-0.25, -0.2) is 8.42 Å². The number of pyridine rings is 1. The Morgan fingerprint density at radius 2 is 1.97 bits per heavy atom. The molecule has 0 spiro atoms. The van der Waals surface area contributed by atoms with Crippen molar-refractivity contribution in [3.05, 3.63) is 53.4 Å². The van der Waals surface area contributed by atoms with Crippen molar-refractivity contribution in [3.63, 3.8) is 0 Å². The zero-order valence-corrected chi connectivity index (χ0v) is 18.6. The van der Waals surface area contributed by atoms with Crippen LogP contribution in [-0.4, -0.2) is 24.9 Å². The van der Waals surface area contributed by atoms with Gasteiger partial charge in [0.25, 0.3) is 0 Å². The lowest BCUT2D eigenvalue weighted by Gasteiger charge is -2.14. The molecule has 32 heavy (non-hydrogen) atoms. The van der Waals surface area contributed by atoms with Gasteiger partial charge in [0.15, 0.2) is 0 Å². The summed E-state index contributed by atoms with van der Waals surface area (Å²) < 4.78 is 27.8. The first kappa shape index (κ1) is 20.9. The first-order chi connectivity index (χ1) is 15.4. The molecule has 164 valence electrons. The molecule has 3 aliphatic carbocycles. The summed E-state index contributed by atoms with van der Waals surface area (Å²) in [6, 6.07) is 11.4. The van der Waals surface area contributed by atoms with Crippen LogP contribution in [-0.2, 0) is 27.7 Å². The maximum atomic E-state index is 12.6. The lowest BCUT2D eigenvalue weighted by atomic mass is 9.97. The average molecular weight is 448 g/mol. The van der Waals surface area contributed by atoms with Gasteiger partial charge in [0, 0.05) is 42.1 Å². The molecule has 2 saturated carbocycles. The Hall–Kier alpha value is -2.98. The van der Waals surface area contributed by atoms with E-state index < -0.39 is 10.0 Å². The van der Waals surface area contributed by atoms with Crippen LogP contribution in [0.3, 0.4) is 0 Å². The number of rotatable bonds is 9. The van der Waals surface area contributed by atoms with Gasteiger partial charge in [-0.3, -0.25) is 14.5 Å². The van der Waals surface area contributed by atoms with E-state index in [1.807, 2.05) is 18.2 Å². The number of allylic oxidation sites excluding steroid dienone is 1. The molecule has 0 saturated heterocycles. The molecular weight excluding hydrogens is 422 g/mol. The van der Waals surface area contributed by atoms with Crippen LogP contribution in [0.25, 0.3) is 17.2 Å². The summed E-state index contributed by atoms with van der Waals surface area (Å²) in [5.41, 5.74) is 4.96. The van der Waals surface area contributed by atoms with E-state index in [1.165, 1.54) is 0 Å². The van der Waals surface area contributed by atoms with Gasteiger partial charge >= 0.3 is 0 Å². The number of nitriles is 1. The summed E-state index contributed by atoms with van der Waals surface area (Å²) in [7, 11) is -3.52. The number of sulfonamides is 1. The maximum absolute atomic E-state index is 12.6. The second-order valence-electron chi connectivity index (χ2n) is 9.32. The lowest BCUT2D eigenvalue weighted by molar-refractivity contribution is -0.119. The van der Waals surface area contributed by atoms with Gasteiger partial charge in [0.05, 0.1) is 17.5 Å². The molecule has 1 N–H and O–H groups in total. The van der Waals surface area contributed by atoms with Crippen LogP contribution in [0.1, 0.15) is 49.1 Å². The van der Waals surface area contributed by atoms with Crippen molar-refractivity contribution in [1.29, 1.82) is 5.26 Å². The number of Topliss-reactive ketones (excluding diaryl/α,β-unsaturated/α-hetero) is 1. The molecule has 0 aliphatic heterocycles. The largest absolute Gasteiger partial charge is 0.299 e. The van der Waals surface area contributed by atoms with Gasteiger partial charge in [-0.1, -0.05) is 24.3 Å². The number of anilines is 1. The maximum Gasteiger partial charge on any atom is 0.233 e. The summed E-state index contributed by atoms with van der Waals surface area (Å²) in [6.45, 7) is 0. The summed E-state index contributed by atoms with van der Waals surface area (Å²) in [4.78, 5) is 17.0. The molecule has 0 atom stereocenters. The predicted molar refractivity (Wildman–Crippen MR) is 123 cm³/mol. The molecule has 2 fully saturated rings. The fourth-order valence-corrected chi connectivity index (χ4v) is 6.17. The zero-order chi connectivity index (χ0) is 22.3. The number of ketones is 1. The van der Waals surface area contributed by atoms with Crippen molar-refractivity contribution in [3.8, 4) is 17.2 Å². The second-order valence-corrected chi connectivity index (χ2v) is 11.0. The molecule has 5 rings (SSSR count). The molecule has 3 aliphatic rings. The molecule has 1 heterocycles. The van der Waals surface area contributed by atoms with E-state index >= 15 is 0 Å². The van der Waals surface area contributed by atoms with Crippen molar-refractivity contribution < 1.29 is 13.2 Å². The van der Waals surface area contributed by atoms with E-state index in [1.54, 1.807) is 12.1 Å². The van der Waals surface area contributed by atoms with Gasteiger partial charge in [0.2, 0.25) is 10.0 Å². The monoisotopic (exact) mass is 447 g/mol. The smallest absolute Gasteiger partial charge is 0.233 e. The highest BCUT2D eigenvalue weighted by Gasteiger charge is 2.46. The summed E-state index contributed by atoms with van der Waals surface area (Å²) in [5.74, 6) is 0.460.